The lowest BCUT2D eigenvalue weighted by atomic mass is 10.1. The van der Waals surface area contributed by atoms with Gasteiger partial charge in [0.05, 0.1) is 18.2 Å². The van der Waals surface area contributed by atoms with E-state index in [0.717, 1.165) is 25.4 Å². The van der Waals surface area contributed by atoms with Gasteiger partial charge in [-0.15, -0.1) is 0 Å². The quantitative estimate of drug-likeness (QED) is 0.382. The average molecular weight is 453 g/mol. The topological polar surface area (TPSA) is 16.4 Å². The normalized spacial score (nSPS) is 10.7. The Hall–Kier alpha value is -2.56. The van der Waals surface area contributed by atoms with Crippen LogP contribution in [0.25, 0.3) is 20.8 Å². The molecule has 0 spiro atoms. The van der Waals surface area contributed by atoms with Crippen LogP contribution in [0.15, 0.2) is 72.8 Å². The molecule has 162 valence electrons. The fourth-order valence-corrected chi connectivity index (χ4v) is 5.01. The second kappa shape index (κ2) is 10.7. The highest BCUT2D eigenvalue weighted by molar-refractivity contribution is 7.21. The molecule has 0 amide bonds. The summed E-state index contributed by atoms with van der Waals surface area (Å²) >= 11 is 1.84. The fraction of sp³-hybridized carbons (Fsp3) is 0.269. The number of fused-ring (bicyclic) bond motifs is 1. The molecule has 4 aromatic rings. The molecule has 0 N–H and O–H groups in total. The van der Waals surface area contributed by atoms with Crippen LogP contribution in [0.1, 0.15) is 26.3 Å². The number of hydrogen-bond acceptors (Lipinski definition) is 3. The van der Waals surface area contributed by atoms with Crippen molar-refractivity contribution in [3.8, 4) is 16.3 Å². The van der Waals surface area contributed by atoms with Crippen LogP contribution >= 0.6 is 11.3 Å². The van der Waals surface area contributed by atoms with Gasteiger partial charge in [0.2, 0.25) is 5.52 Å². The standard InChI is InChI=1S/C26H29N2OS.ClH/c1-4-27(5-2)22-14-12-21(13-15-22)26-28(19-20-10-8-7-9-11-20)24-18-23(29-6-3)16-17-25(24)30-26;/h7-18H,4-6,19H2,1-3H3;1H/q+1;/p-1. The maximum absolute atomic E-state index is 5.79. The SMILES string of the molecule is CCOc1ccc2sc(-c3ccc(N(CC)CC)cc3)[n+](Cc3ccccc3)c2c1.[Cl-]. The molecule has 0 aliphatic rings. The molecule has 0 aliphatic carbocycles. The van der Waals surface area contributed by atoms with E-state index in [1.807, 2.05) is 18.3 Å². The predicted molar refractivity (Wildman–Crippen MR) is 128 cm³/mol. The summed E-state index contributed by atoms with van der Waals surface area (Å²) in [6, 6.07) is 26.1. The van der Waals surface area contributed by atoms with Gasteiger partial charge in [0.15, 0.2) is 6.54 Å². The number of rotatable bonds is 8. The second-order valence-corrected chi connectivity index (χ2v) is 8.29. The van der Waals surface area contributed by atoms with Crippen molar-refractivity contribution in [2.45, 2.75) is 27.3 Å². The highest BCUT2D eigenvalue weighted by Gasteiger charge is 2.23. The van der Waals surface area contributed by atoms with Crippen molar-refractivity contribution < 1.29 is 21.7 Å². The molecule has 0 saturated heterocycles. The van der Waals surface area contributed by atoms with Gasteiger partial charge in [-0.2, -0.15) is 4.57 Å². The van der Waals surface area contributed by atoms with Crippen LogP contribution in [0.5, 0.6) is 5.75 Å². The van der Waals surface area contributed by atoms with Gasteiger partial charge in [-0.3, -0.25) is 0 Å². The highest BCUT2D eigenvalue weighted by Crippen LogP contribution is 2.32. The van der Waals surface area contributed by atoms with Crippen molar-refractivity contribution in [3.05, 3.63) is 78.4 Å². The van der Waals surface area contributed by atoms with E-state index in [2.05, 4.69) is 96.1 Å². The predicted octanol–water partition coefficient (Wildman–Crippen LogP) is 3.15. The van der Waals surface area contributed by atoms with E-state index in [-0.39, 0.29) is 12.4 Å². The molecule has 0 bridgehead atoms. The summed E-state index contributed by atoms with van der Waals surface area (Å²) in [4.78, 5) is 2.38. The van der Waals surface area contributed by atoms with Crippen LogP contribution in [0.3, 0.4) is 0 Å². The molecule has 0 aliphatic heterocycles. The first-order valence-corrected chi connectivity index (χ1v) is 11.5. The van der Waals surface area contributed by atoms with Gasteiger partial charge in [-0.25, -0.2) is 0 Å². The Bertz CT molecular complexity index is 1110. The third-order valence-corrected chi connectivity index (χ3v) is 6.62. The van der Waals surface area contributed by atoms with E-state index in [4.69, 9.17) is 4.74 Å². The lowest BCUT2D eigenvalue weighted by molar-refractivity contribution is -0.647. The van der Waals surface area contributed by atoms with E-state index in [1.54, 1.807) is 0 Å². The van der Waals surface area contributed by atoms with Crippen LogP contribution in [0, 0.1) is 0 Å². The molecule has 4 rings (SSSR count). The van der Waals surface area contributed by atoms with Gasteiger partial charge in [-0.1, -0.05) is 41.7 Å². The van der Waals surface area contributed by atoms with Gasteiger partial charge in [-0.05, 0) is 57.2 Å². The molecule has 1 aromatic heterocycles. The summed E-state index contributed by atoms with van der Waals surface area (Å²) in [6.07, 6.45) is 0. The highest BCUT2D eigenvalue weighted by atomic mass is 35.5. The van der Waals surface area contributed by atoms with Crippen molar-refractivity contribution in [1.29, 1.82) is 0 Å². The second-order valence-electron chi connectivity index (χ2n) is 7.26. The molecule has 1 heterocycles. The summed E-state index contributed by atoms with van der Waals surface area (Å²) < 4.78 is 9.48. The van der Waals surface area contributed by atoms with Crippen molar-refractivity contribution >= 4 is 27.2 Å². The van der Waals surface area contributed by atoms with E-state index >= 15 is 0 Å². The van der Waals surface area contributed by atoms with Crippen molar-refractivity contribution in [2.24, 2.45) is 0 Å². The molecule has 31 heavy (non-hydrogen) atoms. The number of benzene rings is 3. The first-order valence-electron chi connectivity index (χ1n) is 10.7. The Balaban J connectivity index is 0.00000272. The van der Waals surface area contributed by atoms with Crippen molar-refractivity contribution in [1.82, 2.24) is 0 Å². The summed E-state index contributed by atoms with van der Waals surface area (Å²) in [7, 11) is 0. The lowest BCUT2D eigenvalue weighted by Crippen LogP contribution is -3.00. The maximum atomic E-state index is 5.79. The number of hydrogen-bond donors (Lipinski definition) is 0. The zero-order valence-electron chi connectivity index (χ0n) is 18.3. The van der Waals surface area contributed by atoms with Gasteiger partial charge in [0.1, 0.15) is 10.4 Å². The molecule has 0 unspecified atom stereocenters. The fourth-order valence-electron chi connectivity index (χ4n) is 3.86. The molecule has 0 radical (unpaired) electrons. The van der Waals surface area contributed by atoms with E-state index in [1.165, 1.54) is 32.0 Å². The Morgan fingerprint density at radius 3 is 2.23 bits per heavy atom. The van der Waals surface area contributed by atoms with Crippen LogP contribution in [0.4, 0.5) is 5.69 Å². The van der Waals surface area contributed by atoms with Gasteiger partial charge in [0, 0.05) is 24.3 Å². The number of halogens is 1. The van der Waals surface area contributed by atoms with Crippen LogP contribution in [-0.4, -0.2) is 19.7 Å². The van der Waals surface area contributed by atoms with E-state index in [0.29, 0.717) is 6.61 Å². The lowest BCUT2D eigenvalue weighted by Gasteiger charge is -2.20. The molecule has 5 heteroatoms. The Morgan fingerprint density at radius 2 is 1.58 bits per heavy atom. The number of aromatic nitrogens is 1. The van der Waals surface area contributed by atoms with E-state index < -0.39 is 0 Å². The summed E-state index contributed by atoms with van der Waals surface area (Å²) in [5, 5.41) is 1.27. The number of ether oxygens (including phenoxy) is 1. The molecule has 3 nitrogen and oxygen atoms in total. The third kappa shape index (κ3) is 5.03. The molecule has 0 fully saturated rings. The minimum atomic E-state index is 0. The third-order valence-electron chi connectivity index (χ3n) is 5.41. The molecular formula is C26H29ClN2OS. The zero-order chi connectivity index (χ0) is 20.9. The van der Waals surface area contributed by atoms with Crippen LogP contribution < -0.4 is 26.6 Å². The van der Waals surface area contributed by atoms with Gasteiger partial charge >= 0.3 is 0 Å². The largest absolute Gasteiger partial charge is 1.00 e. The minimum Gasteiger partial charge on any atom is -1.00 e. The summed E-state index contributed by atoms with van der Waals surface area (Å²) in [5.74, 6) is 0.924. The smallest absolute Gasteiger partial charge is 0.270 e. The molecule has 3 aromatic carbocycles. The van der Waals surface area contributed by atoms with Crippen LogP contribution in [0.2, 0.25) is 0 Å². The van der Waals surface area contributed by atoms with Gasteiger partial charge in [0.25, 0.3) is 5.01 Å². The van der Waals surface area contributed by atoms with Crippen LogP contribution in [-0.2, 0) is 6.54 Å². The summed E-state index contributed by atoms with van der Waals surface area (Å²) in [6.45, 7) is 9.98. The Kier molecular flexibility index (Phi) is 7.94. The first-order chi connectivity index (χ1) is 14.7. The van der Waals surface area contributed by atoms with Crippen molar-refractivity contribution in [3.63, 3.8) is 0 Å². The molecule has 0 saturated carbocycles. The first kappa shape index (κ1) is 23.1. The zero-order valence-corrected chi connectivity index (χ0v) is 19.9. The monoisotopic (exact) mass is 452 g/mol. The number of nitrogens with zero attached hydrogens (tertiary/aromatic N) is 2. The van der Waals surface area contributed by atoms with Crippen molar-refractivity contribution in [2.75, 3.05) is 24.6 Å². The van der Waals surface area contributed by atoms with E-state index in [9.17, 15) is 0 Å². The number of anilines is 1. The Labute approximate surface area is 195 Å². The summed E-state index contributed by atoms with van der Waals surface area (Å²) in [5.41, 5.74) is 5.04. The average Bonchev–Trinajstić information content (AvgIpc) is 3.14. The minimum absolute atomic E-state index is 0. The molecule has 0 atom stereocenters. The Morgan fingerprint density at radius 1 is 0.871 bits per heavy atom. The number of thiazole rings is 1. The molecular weight excluding hydrogens is 424 g/mol. The maximum Gasteiger partial charge on any atom is 0.270 e. The van der Waals surface area contributed by atoms with Gasteiger partial charge < -0.3 is 22.0 Å².